The van der Waals surface area contributed by atoms with Gasteiger partial charge in [0.25, 0.3) is 0 Å². The van der Waals surface area contributed by atoms with E-state index in [4.69, 9.17) is 4.98 Å². The van der Waals surface area contributed by atoms with Gasteiger partial charge in [0, 0.05) is 17.9 Å². The Morgan fingerprint density at radius 3 is 2.92 bits per heavy atom. The SMILES string of the molecule is Cc1nc2cc(Nc3nc(NC4CCC4)c4cc[nH]c4n3)ccc2s1. The molecule has 1 aliphatic rings. The van der Waals surface area contributed by atoms with Crippen molar-refractivity contribution in [3.63, 3.8) is 0 Å². The van der Waals surface area contributed by atoms with E-state index in [1.807, 2.05) is 31.3 Å². The number of H-pyrrole nitrogens is 1. The Balaban J connectivity index is 1.50. The molecule has 5 rings (SSSR count). The molecule has 1 fully saturated rings. The maximum Gasteiger partial charge on any atom is 0.231 e. The molecule has 126 valence electrons. The van der Waals surface area contributed by atoms with Crippen LogP contribution in [0.25, 0.3) is 21.3 Å². The molecule has 25 heavy (non-hydrogen) atoms. The summed E-state index contributed by atoms with van der Waals surface area (Å²) in [5.74, 6) is 1.48. The van der Waals surface area contributed by atoms with Crippen LogP contribution in [0.3, 0.4) is 0 Å². The van der Waals surface area contributed by atoms with Crippen molar-refractivity contribution in [2.45, 2.75) is 32.2 Å². The van der Waals surface area contributed by atoms with Crippen LogP contribution in [0.5, 0.6) is 0 Å². The summed E-state index contributed by atoms with van der Waals surface area (Å²) < 4.78 is 1.19. The summed E-state index contributed by atoms with van der Waals surface area (Å²) in [6, 6.07) is 8.71. The lowest BCUT2D eigenvalue weighted by molar-refractivity contribution is 0.445. The number of rotatable bonds is 4. The Kier molecular flexibility index (Phi) is 3.34. The highest BCUT2D eigenvalue weighted by molar-refractivity contribution is 7.18. The molecule has 0 saturated heterocycles. The summed E-state index contributed by atoms with van der Waals surface area (Å²) in [5, 5.41) is 8.97. The molecule has 6 nitrogen and oxygen atoms in total. The van der Waals surface area contributed by atoms with Gasteiger partial charge in [-0.05, 0) is 50.5 Å². The molecule has 3 N–H and O–H groups in total. The van der Waals surface area contributed by atoms with Gasteiger partial charge >= 0.3 is 0 Å². The van der Waals surface area contributed by atoms with E-state index in [1.54, 1.807) is 11.3 Å². The van der Waals surface area contributed by atoms with E-state index in [1.165, 1.54) is 24.0 Å². The van der Waals surface area contributed by atoms with E-state index in [9.17, 15) is 0 Å². The van der Waals surface area contributed by atoms with Crippen LogP contribution in [0.15, 0.2) is 30.5 Å². The second-order valence-corrected chi connectivity index (χ2v) is 7.68. The third-order valence-electron chi connectivity index (χ3n) is 4.61. The fraction of sp³-hybridized carbons (Fsp3) is 0.278. The average Bonchev–Trinajstić information content (AvgIpc) is 3.15. The Morgan fingerprint density at radius 1 is 1.16 bits per heavy atom. The molecule has 3 aromatic heterocycles. The highest BCUT2D eigenvalue weighted by atomic mass is 32.1. The molecule has 0 atom stereocenters. The largest absolute Gasteiger partial charge is 0.367 e. The van der Waals surface area contributed by atoms with Crippen LogP contribution in [-0.2, 0) is 0 Å². The highest BCUT2D eigenvalue weighted by Gasteiger charge is 2.19. The summed E-state index contributed by atoms with van der Waals surface area (Å²) in [6.07, 6.45) is 5.60. The highest BCUT2D eigenvalue weighted by Crippen LogP contribution is 2.29. The normalized spacial score (nSPS) is 14.8. The van der Waals surface area contributed by atoms with Crippen LogP contribution < -0.4 is 10.6 Å². The molecule has 0 bridgehead atoms. The average molecular weight is 350 g/mol. The predicted molar refractivity (Wildman–Crippen MR) is 103 cm³/mol. The number of nitrogens with one attached hydrogen (secondary N) is 3. The molecule has 1 aromatic carbocycles. The van der Waals surface area contributed by atoms with Gasteiger partial charge in [-0.3, -0.25) is 0 Å². The number of hydrogen-bond donors (Lipinski definition) is 3. The standard InChI is InChI=1S/C18H18N6S/c1-10-20-14-9-12(5-6-15(14)25-10)22-18-23-16-13(7-8-19-16)17(24-18)21-11-3-2-4-11/h5-9,11H,2-4H2,1H3,(H3,19,21,22,23,24). The van der Waals surface area contributed by atoms with Crippen molar-refractivity contribution in [3.05, 3.63) is 35.5 Å². The van der Waals surface area contributed by atoms with Crippen molar-refractivity contribution in [2.24, 2.45) is 0 Å². The second-order valence-electron chi connectivity index (χ2n) is 6.45. The van der Waals surface area contributed by atoms with Crippen molar-refractivity contribution < 1.29 is 0 Å². The van der Waals surface area contributed by atoms with E-state index in [-0.39, 0.29) is 0 Å². The maximum atomic E-state index is 4.70. The molecule has 3 heterocycles. The number of aryl methyl sites for hydroxylation is 1. The molecular formula is C18H18N6S. The van der Waals surface area contributed by atoms with Gasteiger partial charge in [-0.25, -0.2) is 4.98 Å². The van der Waals surface area contributed by atoms with E-state index < -0.39 is 0 Å². The molecule has 1 aliphatic carbocycles. The number of thiazole rings is 1. The zero-order valence-corrected chi connectivity index (χ0v) is 14.7. The van der Waals surface area contributed by atoms with Gasteiger partial charge < -0.3 is 15.6 Å². The fourth-order valence-corrected chi connectivity index (χ4v) is 3.91. The lowest BCUT2D eigenvalue weighted by Crippen LogP contribution is -2.27. The van der Waals surface area contributed by atoms with Gasteiger partial charge in [0.1, 0.15) is 11.5 Å². The van der Waals surface area contributed by atoms with E-state index in [0.29, 0.717) is 12.0 Å². The Hall–Kier alpha value is -2.67. The Labute approximate surface area is 148 Å². The van der Waals surface area contributed by atoms with Crippen molar-refractivity contribution >= 4 is 50.0 Å². The molecule has 7 heteroatoms. The summed E-state index contributed by atoms with van der Waals surface area (Å²) in [5.41, 5.74) is 2.78. The monoisotopic (exact) mass is 350 g/mol. The first kappa shape index (κ1) is 14.7. The van der Waals surface area contributed by atoms with E-state index in [0.717, 1.165) is 33.1 Å². The van der Waals surface area contributed by atoms with Gasteiger partial charge in [-0.15, -0.1) is 11.3 Å². The van der Waals surface area contributed by atoms with Crippen LogP contribution in [-0.4, -0.2) is 26.0 Å². The lowest BCUT2D eigenvalue weighted by atomic mass is 9.93. The number of fused-ring (bicyclic) bond motifs is 2. The number of benzene rings is 1. The molecule has 1 saturated carbocycles. The van der Waals surface area contributed by atoms with E-state index in [2.05, 4.69) is 31.7 Å². The Bertz CT molecular complexity index is 1060. The number of nitrogens with zero attached hydrogens (tertiary/aromatic N) is 3. The molecule has 0 unspecified atom stereocenters. The van der Waals surface area contributed by atoms with Gasteiger partial charge in [0.15, 0.2) is 0 Å². The molecule has 0 aliphatic heterocycles. The zero-order valence-electron chi connectivity index (χ0n) is 13.8. The summed E-state index contributed by atoms with van der Waals surface area (Å²) in [6.45, 7) is 2.03. The quantitative estimate of drug-likeness (QED) is 0.502. The summed E-state index contributed by atoms with van der Waals surface area (Å²) in [7, 11) is 0. The summed E-state index contributed by atoms with van der Waals surface area (Å²) >= 11 is 1.70. The Morgan fingerprint density at radius 2 is 2.08 bits per heavy atom. The predicted octanol–water partition coefficient (Wildman–Crippen LogP) is 4.58. The molecular weight excluding hydrogens is 332 g/mol. The van der Waals surface area contributed by atoms with Crippen LogP contribution in [0, 0.1) is 6.92 Å². The van der Waals surface area contributed by atoms with Crippen LogP contribution in [0.1, 0.15) is 24.3 Å². The number of anilines is 3. The van der Waals surface area contributed by atoms with Crippen molar-refractivity contribution in [1.29, 1.82) is 0 Å². The smallest absolute Gasteiger partial charge is 0.231 e. The van der Waals surface area contributed by atoms with Crippen LogP contribution in [0.4, 0.5) is 17.5 Å². The molecule has 0 radical (unpaired) electrons. The van der Waals surface area contributed by atoms with Gasteiger partial charge in [-0.1, -0.05) is 0 Å². The van der Waals surface area contributed by atoms with Crippen molar-refractivity contribution in [3.8, 4) is 0 Å². The number of hydrogen-bond acceptors (Lipinski definition) is 6. The van der Waals surface area contributed by atoms with Crippen LogP contribution in [0.2, 0.25) is 0 Å². The number of aromatic amines is 1. The van der Waals surface area contributed by atoms with Gasteiger partial charge in [-0.2, -0.15) is 9.97 Å². The minimum absolute atomic E-state index is 0.523. The first-order valence-corrected chi connectivity index (χ1v) is 9.32. The molecule has 0 spiro atoms. The van der Waals surface area contributed by atoms with Crippen LogP contribution >= 0.6 is 11.3 Å². The third kappa shape index (κ3) is 2.70. The van der Waals surface area contributed by atoms with Crippen molar-refractivity contribution in [1.82, 2.24) is 19.9 Å². The minimum Gasteiger partial charge on any atom is -0.367 e. The fourth-order valence-electron chi connectivity index (χ4n) is 3.10. The second kappa shape index (κ2) is 5.70. The third-order valence-corrected chi connectivity index (χ3v) is 5.56. The zero-order chi connectivity index (χ0) is 16.8. The van der Waals surface area contributed by atoms with Crippen molar-refractivity contribution in [2.75, 3.05) is 10.6 Å². The number of aromatic nitrogens is 4. The molecule has 0 amide bonds. The lowest BCUT2D eigenvalue weighted by Gasteiger charge is -2.27. The topological polar surface area (TPSA) is 78.5 Å². The first-order chi connectivity index (χ1) is 12.2. The van der Waals surface area contributed by atoms with Gasteiger partial charge in [0.2, 0.25) is 5.95 Å². The maximum absolute atomic E-state index is 4.70. The van der Waals surface area contributed by atoms with Gasteiger partial charge in [0.05, 0.1) is 20.6 Å². The first-order valence-electron chi connectivity index (χ1n) is 8.50. The minimum atomic E-state index is 0.523. The van der Waals surface area contributed by atoms with E-state index >= 15 is 0 Å². The molecule has 4 aromatic rings. The summed E-state index contributed by atoms with van der Waals surface area (Å²) in [4.78, 5) is 17.0.